The second kappa shape index (κ2) is 6.53. The van der Waals surface area contributed by atoms with Gasteiger partial charge in [-0.3, -0.25) is 9.88 Å². The smallest absolute Gasteiger partial charge is 0.147 e. The predicted molar refractivity (Wildman–Crippen MR) is 98.3 cm³/mol. The number of likely N-dealkylation sites (N-methyl/N-ethyl adjacent to an activating group) is 1. The van der Waals surface area contributed by atoms with E-state index in [4.69, 9.17) is 10.7 Å². The van der Waals surface area contributed by atoms with Crippen LogP contribution in [0.2, 0.25) is 0 Å². The summed E-state index contributed by atoms with van der Waals surface area (Å²) in [5, 5.41) is 0. The number of nitrogens with two attached hydrogens (primary N) is 1. The minimum absolute atomic E-state index is 0.725. The Morgan fingerprint density at radius 2 is 1.75 bits per heavy atom. The van der Waals surface area contributed by atoms with Crippen LogP contribution in [-0.2, 0) is 0 Å². The molecule has 2 aliphatic rings. The molecule has 0 bridgehead atoms. The van der Waals surface area contributed by atoms with E-state index in [2.05, 4.69) is 26.7 Å². The van der Waals surface area contributed by atoms with Gasteiger partial charge in [0.1, 0.15) is 5.82 Å². The lowest BCUT2D eigenvalue weighted by atomic mass is 10.0. The molecule has 128 valence electrons. The van der Waals surface area contributed by atoms with Crippen LogP contribution >= 0.6 is 0 Å². The predicted octanol–water partition coefficient (Wildman–Crippen LogP) is 1.43. The lowest BCUT2D eigenvalue weighted by Gasteiger charge is -2.42. The van der Waals surface area contributed by atoms with E-state index < -0.39 is 0 Å². The Labute approximate surface area is 143 Å². The van der Waals surface area contributed by atoms with Crippen molar-refractivity contribution in [3.63, 3.8) is 0 Å². The van der Waals surface area contributed by atoms with Gasteiger partial charge in [-0.1, -0.05) is 0 Å². The van der Waals surface area contributed by atoms with Crippen molar-refractivity contribution in [1.82, 2.24) is 19.8 Å². The van der Waals surface area contributed by atoms with Crippen molar-refractivity contribution in [3.05, 3.63) is 24.4 Å². The van der Waals surface area contributed by atoms with Crippen molar-refractivity contribution >= 4 is 22.5 Å². The highest BCUT2D eigenvalue weighted by Crippen LogP contribution is 2.23. The van der Waals surface area contributed by atoms with E-state index in [0.717, 1.165) is 41.7 Å². The monoisotopic (exact) mass is 326 g/mol. The molecule has 4 rings (SSSR count). The van der Waals surface area contributed by atoms with Gasteiger partial charge in [-0.2, -0.15) is 0 Å². The molecule has 0 amide bonds. The first-order valence-corrected chi connectivity index (χ1v) is 8.89. The largest absolute Gasteiger partial charge is 0.399 e. The third-order valence-corrected chi connectivity index (χ3v) is 5.40. The van der Waals surface area contributed by atoms with E-state index in [-0.39, 0.29) is 0 Å². The number of benzene rings is 1. The molecule has 0 spiro atoms. The first kappa shape index (κ1) is 15.6. The highest BCUT2D eigenvalue weighted by molar-refractivity contribution is 5.79. The van der Waals surface area contributed by atoms with Crippen LogP contribution in [0.1, 0.15) is 12.8 Å². The number of fused-ring (bicyclic) bond motifs is 1. The van der Waals surface area contributed by atoms with E-state index >= 15 is 0 Å². The van der Waals surface area contributed by atoms with Crippen LogP contribution in [0.15, 0.2) is 24.4 Å². The fraction of sp³-hybridized carbons (Fsp3) is 0.556. The molecule has 2 saturated heterocycles. The van der Waals surface area contributed by atoms with Crippen LogP contribution in [0.25, 0.3) is 11.0 Å². The zero-order valence-corrected chi connectivity index (χ0v) is 14.4. The van der Waals surface area contributed by atoms with E-state index in [9.17, 15) is 0 Å². The fourth-order valence-electron chi connectivity index (χ4n) is 3.82. The van der Waals surface area contributed by atoms with Crippen LogP contribution < -0.4 is 10.6 Å². The van der Waals surface area contributed by atoms with Crippen LogP contribution in [0.5, 0.6) is 0 Å². The average molecular weight is 326 g/mol. The molecule has 2 N–H and O–H groups in total. The summed E-state index contributed by atoms with van der Waals surface area (Å²) in [6.45, 7) is 6.92. The highest BCUT2D eigenvalue weighted by atomic mass is 15.3. The molecule has 2 aromatic rings. The molecule has 1 aromatic heterocycles. The highest BCUT2D eigenvalue weighted by Gasteiger charge is 2.27. The first-order chi connectivity index (χ1) is 11.7. The normalized spacial score (nSPS) is 21.5. The van der Waals surface area contributed by atoms with Gasteiger partial charge in [0.15, 0.2) is 0 Å². The molecule has 2 aliphatic heterocycles. The van der Waals surface area contributed by atoms with Gasteiger partial charge < -0.3 is 15.5 Å². The molecule has 0 atom stereocenters. The maximum atomic E-state index is 5.81. The molecule has 6 nitrogen and oxygen atoms in total. The molecule has 0 aliphatic carbocycles. The Balaban J connectivity index is 1.41. The summed E-state index contributed by atoms with van der Waals surface area (Å²) in [5.74, 6) is 0.990. The molecule has 3 heterocycles. The number of nitrogens with zero attached hydrogens (tertiary/aromatic N) is 5. The SMILES string of the molecule is CN1CCN(C2CCN(c3cnc4cc(N)ccc4n3)CC2)CC1. The summed E-state index contributed by atoms with van der Waals surface area (Å²) >= 11 is 0. The molecule has 24 heavy (non-hydrogen) atoms. The van der Waals surface area contributed by atoms with E-state index in [1.165, 1.54) is 39.0 Å². The van der Waals surface area contributed by atoms with Gasteiger partial charge in [0, 0.05) is 51.0 Å². The Bertz CT molecular complexity index is 702. The lowest BCUT2D eigenvalue weighted by molar-refractivity contribution is 0.0981. The average Bonchev–Trinajstić information content (AvgIpc) is 2.62. The molecule has 6 heteroatoms. The number of aromatic nitrogens is 2. The molecule has 2 fully saturated rings. The molecule has 1 aromatic carbocycles. The molecular weight excluding hydrogens is 300 g/mol. The third kappa shape index (κ3) is 3.16. The van der Waals surface area contributed by atoms with Gasteiger partial charge in [0.25, 0.3) is 0 Å². The van der Waals surface area contributed by atoms with Crippen molar-refractivity contribution < 1.29 is 0 Å². The van der Waals surface area contributed by atoms with Gasteiger partial charge in [-0.25, -0.2) is 4.98 Å². The minimum atomic E-state index is 0.725. The first-order valence-electron chi connectivity index (χ1n) is 8.89. The van der Waals surface area contributed by atoms with Crippen molar-refractivity contribution in [3.8, 4) is 0 Å². The summed E-state index contributed by atoms with van der Waals surface area (Å²) in [6, 6.07) is 6.45. The van der Waals surface area contributed by atoms with Gasteiger partial charge in [-0.05, 0) is 38.1 Å². The van der Waals surface area contributed by atoms with Crippen molar-refractivity contribution in [2.75, 3.05) is 56.9 Å². The molecule has 0 saturated carbocycles. The Morgan fingerprint density at radius 3 is 2.50 bits per heavy atom. The molecule has 0 unspecified atom stereocenters. The van der Waals surface area contributed by atoms with Gasteiger partial charge in [-0.15, -0.1) is 0 Å². The number of piperidine rings is 1. The van der Waals surface area contributed by atoms with Gasteiger partial charge in [0.2, 0.25) is 0 Å². The number of rotatable bonds is 2. The van der Waals surface area contributed by atoms with E-state index in [0.29, 0.717) is 0 Å². The summed E-state index contributed by atoms with van der Waals surface area (Å²) in [6.07, 6.45) is 4.31. The molecule has 0 radical (unpaired) electrons. The number of hydrogen-bond acceptors (Lipinski definition) is 6. The van der Waals surface area contributed by atoms with Crippen molar-refractivity contribution in [2.24, 2.45) is 0 Å². The van der Waals surface area contributed by atoms with Crippen LogP contribution in [-0.4, -0.2) is 72.1 Å². The zero-order chi connectivity index (χ0) is 16.5. The zero-order valence-electron chi connectivity index (χ0n) is 14.4. The van der Waals surface area contributed by atoms with Gasteiger partial charge >= 0.3 is 0 Å². The van der Waals surface area contributed by atoms with Crippen LogP contribution in [0, 0.1) is 0 Å². The van der Waals surface area contributed by atoms with Crippen molar-refractivity contribution in [1.29, 1.82) is 0 Å². The maximum absolute atomic E-state index is 5.81. The van der Waals surface area contributed by atoms with Gasteiger partial charge in [0.05, 0.1) is 17.2 Å². The minimum Gasteiger partial charge on any atom is -0.399 e. The second-order valence-corrected chi connectivity index (χ2v) is 7.03. The quantitative estimate of drug-likeness (QED) is 0.843. The summed E-state index contributed by atoms with van der Waals surface area (Å²) in [7, 11) is 2.21. The Hall–Kier alpha value is -1.92. The number of anilines is 2. The number of piperazine rings is 1. The molecular formula is C18H26N6. The Kier molecular flexibility index (Phi) is 4.24. The number of hydrogen-bond donors (Lipinski definition) is 1. The summed E-state index contributed by atoms with van der Waals surface area (Å²) in [4.78, 5) is 16.8. The van der Waals surface area contributed by atoms with Crippen LogP contribution in [0.3, 0.4) is 0 Å². The topological polar surface area (TPSA) is 61.5 Å². The fourth-order valence-corrected chi connectivity index (χ4v) is 3.82. The van der Waals surface area contributed by atoms with E-state index in [1.54, 1.807) is 0 Å². The second-order valence-electron chi connectivity index (χ2n) is 7.03. The summed E-state index contributed by atoms with van der Waals surface area (Å²) in [5.41, 5.74) is 8.33. The Morgan fingerprint density at radius 1 is 1.00 bits per heavy atom. The standard InChI is InChI=1S/C18H26N6/c1-22-8-10-23(11-9-22)15-4-6-24(7-5-15)18-13-20-17-12-14(19)2-3-16(17)21-18/h2-3,12-13,15H,4-11,19H2,1H3. The van der Waals surface area contributed by atoms with E-state index in [1.807, 2.05) is 24.4 Å². The third-order valence-electron chi connectivity index (χ3n) is 5.40. The summed E-state index contributed by atoms with van der Waals surface area (Å²) < 4.78 is 0. The van der Waals surface area contributed by atoms with Crippen molar-refractivity contribution in [2.45, 2.75) is 18.9 Å². The maximum Gasteiger partial charge on any atom is 0.147 e. The van der Waals surface area contributed by atoms with Crippen LogP contribution in [0.4, 0.5) is 11.5 Å². The lowest BCUT2D eigenvalue weighted by Crippen LogP contribution is -2.52. The number of nitrogen functional groups attached to an aromatic ring is 1.